The zero-order valence-corrected chi connectivity index (χ0v) is 20.6. The lowest BCUT2D eigenvalue weighted by Crippen LogP contribution is -2.39. The zero-order chi connectivity index (χ0) is 21.2. The second-order valence-corrected chi connectivity index (χ2v) is 6.74. The van der Waals surface area contributed by atoms with Gasteiger partial charge in [0.05, 0.1) is 13.7 Å². The van der Waals surface area contributed by atoms with E-state index in [4.69, 9.17) is 9.47 Å². The Balaban J connectivity index is 0.00000341. The number of methoxy groups -OCH3 is 1. The number of fused-ring (bicyclic) bond motifs is 1. The molecular weight excluding hydrogens is 507 g/mol. The third kappa shape index (κ3) is 6.98. The topological polar surface area (TPSA) is 85.1 Å². The molecule has 0 aliphatic heterocycles. The fourth-order valence-corrected chi connectivity index (χ4v) is 3.22. The summed E-state index contributed by atoms with van der Waals surface area (Å²) in [7, 11) is 3.44. The average Bonchev–Trinajstić information content (AvgIpc) is 3.19. The molecule has 2 heterocycles. The van der Waals surface area contributed by atoms with Gasteiger partial charge in [-0.3, -0.25) is 9.39 Å². The van der Waals surface area contributed by atoms with Gasteiger partial charge in [-0.25, -0.2) is 0 Å². The highest BCUT2D eigenvalue weighted by molar-refractivity contribution is 14.0. The molecule has 0 aliphatic carbocycles. The standard InChI is InChI=1S/C22H30N6O2.HI/c1-4-30-19-16-17(10-11-18(19)29-3)8-7-13-24-22(23-2)25-14-12-21-27-26-20-9-5-6-15-28(20)21;/h5-6,9-11,15-16H,4,7-8,12-14H2,1-3H3,(H2,23,24,25);1H. The molecule has 0 saturated heterocycles. The molecular formula is C22H31IN6O2. The first kappa shape index (κ1) is 24.7. The molecule has 0 spiro atoms. The molecule has 0 aliphatic rings. The molecule has 0 fully saturated rings. The predicted molar refractivity (Wildman–Crippen MR) is 134 cm³/mol. The van der Waals surface area contributed by atoms with E-state index >= 15 is 0 Å². The Morgan fingerprint density at radius 2 is 1.90 bits per heavy atom. The summed E-state index contributed by atoms with van der Waals surface area (Å²) in [5, 5.41) is 15.1. The van der Waals surface area contributed by atoms with Crippen LogP contribution in [0.3, 0.4) is 0 Å². The predicted octanol–water partition coefficient (Wildman–Crippen LogP) is 3.09. The van der Waals surface area contributed by atoms with Crippen molar-refractivity contribution >= 4 is 35.6 Å². The maximum atomic E-state index is 5.65. The lowest BCUT2D eigenvalue weighted by atomic mass is 10.1. The van der Waals surface area contributed by atoms with Gasteiger partial charge in [-0.15, -0.1) is 34.2 Å². The molecule has 3 rings (SSSR count). The number of hydrogen-bond acceptors (Lipinski definition) is 5. The molecule has 0 bridgehead atoms. The highest BCUT2D eigenvalue weighted by atomic mass is 127. The lowest BCUT2D eigenvalue weighted by Gasteiger charge is -2.13. The molecule has 1 aromatic carbocycles. The van der Waals surface area contributed by atoms with Gasteiger partial charge in [-0.05, 0) is 49.6 Å². The van der Waals surface area contributed by atoms with Gasteiger partial charge in [0.2, 0.25) is 0 Å². The second-order valence-electron chi connectivity index (χ2n) is 6.74. The number of pyridine rings is 1. The first-order valence-electron chi connectivity index (χ1n) is 10.3. The number of ether oxygens (including phenoxy) is 2. The van der Waals surface area contributed by atoms with Gasteiger partial charge >= 0.3 is 0 Å². The van der Waals surface area contributed by atoms with Gasteiger partial charge < -0.3 is 20.1 Å². The SMILES string of the molecule is CCOc1cc(CCCNC(=NC)NCCc2nnc3ccccn23)ccc1OC.I. The highest BCUT2D eigenvalue weighted by Gasteiger charge is 2.07. The van der Waals surface area contributed by atoms with Crippen LogP contribution in [0.1, 0.15) is 24.7 Å². The molecule has 0 radical (unpaired) electrons. The van der Waals surface area contributed by atoms with E-state index in [9.17, 15) is 0 Å². The number of nitrogens with one attached hydrogen (secondary N) is 2. The van der Waals surface area contributed by atoms with Gasteiger partial charge in [-0.1, -0.05) is 12.1 Å². The molecule has 2 N–H and O–H groups in total. The summed E-state index contributed by atoms with van der Waals surface area (Å²) < 4.78 is 13.0. The Labute approximate surface area is 200 Å². The maximum Gasteiger partial charge on any atom is 0.190 e. The van der Waals surface area contributed by atoms with Crippen molar-refractivity contribution in [2.75, 3.05) is 33.9 Å². The van der Waals surface area contributed by atoms with Crippen LogP contribution in [0.5, 0.6) is 11.5 Å². The lowest BCUT2D eigenvalue weighted by molar-refractivity contribution is 0.310. The van der Waals surface area contributed by atoms with Crippen LogP contribution < -0.4 is 20.1 Å². The minimum atomic E-state index is 0. The van der Waals surface area contributed by atoms with Crippen LogP contribution in [-0.2, 0) is 12.8 Å². The van der Waals surface area contributed by atoms with Crippen LogP contribution in [0, 0.1) is 0 Å². The van der Waals surface area contributed by atoms with Crippen molar-refractivity contribution in [1.29, 1.82) is 0 Å². The van der Waals surface area contributed by atoms with Gasteiger partial charge in [0.25, 0.3) is 0 Å². The van der Waals surface area contributed by atoms with E-state index < -0.39 is 0 Å². The smallest absolute Gasteiger partial charge is 0.190 e. The maximum absolute atomic E-state index is 5.65. The number of halogens is 1. The number of aromatic nitrogens is 3. The second kappa shape index (κ2) is 13.0. The minimum absolute atomic E-state index is 0. The molecule has 8 nitrogen and oxygen atoms in total. The average molecular weight is 538 g/mol. The van der Waals surface area contributed by atoms with Gasteiger partial charge in [0.15, 0.2) is 23.1 Å². The summed E-state index contributed by atoms with van der Waals surface area (Å²) in [6.45, 7) is 4.14. The molecule has 0 saturated carbocycles. The normalized spacial score (nSPS) is 11.1. The van der Waals surface area contributed by atoms with E-state index in [1.165, 1.54) is 5.56 Å². The van der Waals surface area contributed by atoms with E-state index in [1.54, 1.807) is 14.2 Å². The molecule has 3 aromatic rings. The van der Waals surface area contributed by atoms with E-state index in [0.29, 0.717) is 6.61 Å². The van der Waals surface area contributed by atoms with Crippen molar-refractivity contribution in [2.24, 2.45) is 4.99 Å². The van der Waals surface area contributed by atoms with Gasteiger partial charge in [-0.2, -0.15) is 0 Å². The van der Waals surface area contributed by atoms with Crippen LogP contribution in [0.25, 0.3) is 5.65 Å². The molecule has 2 aromatic heterocycles. The van der Waals surface area contributed by atoms with E-state index in [1.807, 2.05) is 41.8 Å². The van der Waals surface area contributed by atoms with Crippen molar-refractivity contribution in [3.63, 3.8) is 0 Å². The Bertz CT molecular complexity index is 976. The number of rotatable bonds is 10. The number of nitrogens with zero attached hydrogens (tertiary/aromatic N) is 4. The number of guanidine groups is 1. The molecule has 31 heavy (non-hydrogen) atoms. The summed E-state index contributed by atoms with van der Waals surface area (Å²) in [5.41, 5.74) is 2.09. The summed E-state index contributed by atoms with van der Waals surface area (Å²) in [5.74, 6) is 3.28. The molecule has 0 atom stereocenters. The Kier molecular flexibility index (Phi) is 10.3. The Morgan fingerprint density at radius 3 is 2.68 bits per heavy atom. The Hall–Kier alpha value is -2.56. The zero-order valence-electron chi connectivity index (χ0n) is 18.3. The van der Waals surface area contributed by atoms with Crippen LogP contribution in [0.15, 0.2) is 47.6 Å². The quantitative estimate of drug-likeness (QED) is 0.179. The van der Waals surface area contributed by atoms with Gasteiger partial charge in [0.1, 0.15) is 5.82 Å². The fourth-order valence-electron chi connectivity index (χ4n) is 3.22. The third-order valence-corrected chi connectivity index (χ3v) is 4.71. The van der Waals surface area contributed by atoms with Crippen LogP contribution in [0.2, 0.25) is 0 Å². The molecule has 9 heteroatoms. The summed E-state index contributed by atoms with van der Waals surface area (Å²) in [4.78, 5) is 4.29. The fraction of sp³-hybridized carbons (Fsp3) is 0.409. The third-order valence-electron chi connectivity index (χ3n) is 4.71. The van der Waals surface area contributed by atoms with E-state index in [2.05, 4.69) is 38.0 Å². The van der Waals surface area contributed by atoms with Crippen molar-refractivity contribution in [1.82, 2.24) is 25.2 Å². The van der Waals surface area contributed by atoms with Gasteiger partial charge in [0, 0.05) is 32.8 Å². The van der Waals surface area contributed by atoms with E-state index in [-0.39, 0.29) is 24.0 Å². The van der Waals surface area contributed by atoms with Crippen molar-refractivity contribution < 1.29 is 9.47 Å². The van der Waals surface area contributed by atoms with Crippen molar-refractivity contribution in [3.8, 4) is 11.5 Å². The molecule has 0 amide bonds. The summed E-state index contributed by atoms with van der Waals surface area (Å²) >= 11 is 0. The summed E-state index contributed by atoms with van der Waals surface area (Å²) in [6, 6.07) is 12.0. The Morgan fingerprint density at radius 1 is 1.06 bits per heavy atom. The van der Waals surface area contributed by atoms with Crippen LogP contribution >= 0.6 is 24.0 Å². The number of aryl methyl sites for hydroxylation is 1. The number of benzene rings is 1. The molecule has 0 unspecified atom stereocenters. The summed E-state index contributed by atoms with van der Waals surface area (Å²) in [6.07, 6.45) is 4.67. The first-order chi connectivity index (χ1) is 14.7. The van der Waals surface area contributed by atoms with Crippen LogP contribution in [0.4, 0.5) is 0 Å². The largest absolute Gasteiger partial charge is 0.493 e. The van der Waals surface area contributed by atoms with Crippen molar-refractivity contribution in [2.45, 2.75) is 26.2 Å². The molecule has 168 valence electrons. The van der Waals surface area contributed by atoms with Crippen molar-refractivity contribution in [3.05, 3.63) is 54.0 Å². The number of aliphatic imine (C=N–C) groups is 1. The first-order valence-corrected chi connectivity index (χ1v) is 10.3. The highest BCUT2D eigenvalue weighted by Crippen LogP contribution is 2.28. The van der Waals surface area contributed by atoms with Crippen LogP contribution in [-0.4, -0.2) is 54.4 Å². The minimum Gasteiger partial charge on any atom is -0.493 e. The monoisotopic (exact) mass is 538 g/mol. The van der Waals surface area contributed by atoms with E-state index in [0.717, 1.165) is 61.3 Å². The number of hydrogen-bond donors (Lipinski definition) is 2.